The maximum absolute atomic E-state index is 11.9. The molecule has 7 nitrogen and oxygen atoms in total. The largest absolute Gasteiger partial charge is 0.371 e. The minimum absolute atomic E-state index is 0.0289. The predicted molar refractivity (Wildman–Crippen MR) is 65.3 cm³/mol. The molecule has 20 heavy (non-hydrogen) atoms. The van der Waals surface area contributed by atoms with Gasteiger partial charge < -0.3 is 10.6 Å². The fourth-order valence-electron chi connectivity index (χ4n) is 1.33. The molecule has 0 aromatic heterocycles. The van der Waals surface area contributed by atoms with Crippen LogP contribution >= 0.6 is 0 Å². The highest BCUT2D eigenvalue weighted by Crippen LogP contribution is 2.24. The molecule has 1 aromatic carbocycles. The molecule has 0 unspecified atom stereocenters. The Kier molecular flexibility index (Phi) is 5.34. The normalized spacial score (nSPS) is 9.90. The average molecular weight is 284 g/mol. The highest BCUT2D eigenvalue weighted by atomic mass is 19.3. The molecular formula is C11H10F2N4O3. The molecule has 0 aliphatic heterocycles. The Morgan fingerprint density at radius 3 is 2.75 bits per heavy atom. The lowest BCUT2D eigenvalue weighted by molar-refractivity contribution is -0.384. The Balaban J connectivity index is 2.71. The van der Waals surface area contributed by atoms with Crippen LogP contribution < -0.4 is 10.6 Å². The van der Waals surface area contributed by atoms with Gasteiger partial charge in [-0.15, -0.1) is 0 Å². The highest BCUT2D eigenvalue weighted by molar-refractivity contribution is 5.81. The van der Waals surface area contributed by atoms with Gasteiger partial charge in [0.15, 0.2) is 0 Å². The molecule has 0 saturated carbocycles. The van der Waals surface area contributed by atoms with E-state index in [0.29, 0.717) is 0 Å². The molecule has 0 fully saturated rings. The number of carbonyl (C=O) groups excluding carboxylic acids is 1. The minimum Gasteiger partial charge on any atom is -0.371 e. The molecule has 2 N–H and O–H groups in total. The first-order valence-corrected chi connectivity index (χ1v) is 5.41. The van der Waals surface area contributed by atoms with Gasteiger partial charge in [0.05, 0.1) is 29.6 Å². The van der Waals surface area contributed by atoms with Gasteiger partial charge in [-0.2, -0.15) is 5.26 Å². The van der Waals surface area contributed by atoms with Crippen molar-refractivity contribution in [2.45, 2.75) is 6.43 Å². The lowest BCUT2D eigenvalue weighted by atomic mass is 10.2. The Morgan fingerprint density at radius 2 is 2.20 bits per heavy atom. The summed E-state index contributed by atoms with van der Waals surface area (Å²) in [6, 6.07) is 5.42. The number of alkyl halides is 2. The first-order chi connectivity index (χ1) is 9.43. The van der Waals surface area contributed by atoms with E-state index in [1.54, 1.807) is 6.07 Å². The fourth-order valence-corrected chi connectivity index (χ4v) is 1.33. The summed E-state index contributed by atoms with van der Waals surface area (Å²) in [4.78, 5) is 21.3. The third-order valence-electron chi connectivity index (χ3n) is 2.22. The Labute approximate surface area is 112 Å². The molecule has 0 radical (unpaired) electrons. The van der Waals surface area contributed by atoms with Gasteiger partial charge in [-0.05, 0) is 12.1 Å². The van der Waals surface area contributed by atoms with Crippen LogP contribution in [0.2, 0.25) is 0 Å². The van der Waals surface area contributed by atoms with Crippen LogP contribution in [-0.4, -0.2) is 30.3 Å². The standard InChI is InChI=1S/C11H10F2N4O3/c12-10(13)5-16-11(18)6-15-8-2-1-7(4-14)3-9(8)17(19)20/h1-3,10,15H,5-6H2,(H,16,18). The number of nitrogens with zero attached hydrogens (tertiary/aromatic N) is 2. The Hall–Kier alpha value is -2.76. The summed E-state index contributed by atoms with van der Waals surface area (Å²) in [6.07, 6.45) is -2.66. The van der Waals surface area contributed by atoms with E-state index < -0.39 is 23.8 Å². The molecule has 0 saturated heterocycles. The van der Waals surface area contributed by atoms with Gasteiger partial charge >= 0.3 is 0 Å². The van der Waals surface area contributed by atoms with Crippen molar-refractivity contribution in [1.82, 2.24) is 5.32 Å². The first kappa shape index (κ1) is 15.3. The number of nitriles is 1. The molecular weight excluding hydrogens is 274 g/mol. The number of rotatable bonds is 6. The number of benzene rings is 1. The van der Waals surface area contributed by atoms with Crippen molar-refractivity contribution in [3.63, 3.8) is 0 Å². The van der Waals surface area contributed by atoms with Gasteiger partial charge in [-0.1, -0.05) is 0 Å². The van der Waals surface area contributed by atoms with Crippen LogP contribution in [0.1, 0.15) is 5.56 Å². The zero-order chi connectivity index (χ0) is 15.1. The van der Waals surface area contributed by atoms with E-state index in [1.807, 2.05) is 5.32 Å². The highest BCUT2D eigenvalue weighted by Gasteiger charge is 2.15. The van der Waals surface area contributed by atoms with Crippen molar-refractivity contribution < 1.29 is 18.5 Å². The lowest BCUT2D eigenvalue weighted by Gasteiger charge is -2.08. The van der Waals surface area contributed by atoms with E-state index in [-0.39, 0.29) is 23.5 Å². The van der Waals surface area contributed by atoms with Crippen LogP contribution in [-0.2, 0) is 4.79 Å². The Bertz CT molecular complexity index is 557. The molecule has 1 rings (SSSR count). The second-order valence-electron chi connectivity index (χ2n) is 3.65. The monoisotopic (exact) mass is 284 g/mol. The SMILES string of the molecule is N#Cc1ccc(NCC(=O)NCC(F)F)c([N+](=O)[O-])c1. The van der Waals surface area contributed by atoms with Crippen LogP contribution in [0.25, 0.3) is 0 Å². The molecule has 0 spiro atoms. The van der Waals surface area contributed by atoms with Crippen LogP contribution in [0, 0.1) is 21.4 Å². The minimum atomic E-state index is -2.66. The van der Waals surface area contributed by atoms with Gasteiger partial charge in [-0.3, -0.25) is 14.9 Å². The third-order valence-corrected chi connectivity index (χ3v) is 2.22. The summed E-state index contributed by atoms with van der Waals surface area (Å²) < 4.78 is 23.7. The van der Waals surface area contributed by atoms with Crippen molar-refractivity contribution in [2.75, 3.05) is 18.4 Å². The Morgan fingerprint density at radius 1 is 1.50 bits per heavy atom. The van der Waals surface area contributed by atoms with Gasteiger partial charge in [0.2, 0.25) is 5.91 Å². The number of halogens is 2. The average Bonchev–Trinajstić information content (AvgIpc) is 2.42. The number of hydrogen-bond donors (Lipinski definition) is 2. The fraction of sp³-hybridized carbons (Fsp3) is 0.273. The maximum atomic E-state index is 11.9. The van der Waals surface area contributed by atoms with Crippen molar-refractivity contribution in [1.29, 1.82) is 5.26 Å². The summed E-state index contributed by atoms with van der Waals surface area (Å²) in [5.41, 5.74) is -0.240. The first-order valence-electron chi connectivity index (χ1n) is 5.41. The molecule has 0 bridgehead atoms. The summed E-state index contributed by atoms with van der Waals surface area (Å²) in [5.74, 6) is -0.719. The number of anilines is 1. The topological polar surface area (TPSA) is 108 Å². The van der Waals surface area contributed by atoms with E-state index in [9.17, 15) is 23.7 Å². The maximum Gasteiger partial charge on any atom is 0.293 e. The van der Waals surface area contributed by atoms with Crippen molar-refractivity contribution in [3.8, 4) is 6.07 Å². The predicted octanol–water partition coefficient (Wildman–Crippen LogP) is 1.26. The van der Waals surface area contributed by atoms with E-state index >= 15 is 0 Å². The molecule has 1 aromatic rings. The molecule has 1 amide bonds. The van der Waals surface area contributed by atoms with Crippen LogP contribution in [0.15, 0.2) is 18.2 Å². The molecule has 106 valence electrons. The second-order valence-corrected chi connectivity index (χ2v) is 3.65. The number of hydrogen-bond acceptors (Lipinski definition) is 5. The van der Waals surface area contributed by atoms with Gasteiger partial charge in [0.1, 0.15) is 5.69 Å². The van der Waals surface area contributed by atoms with Crippen LogP contribution in [0.5, 0.6) is 0 Å². The van der Waals surface area contributed by atoms with E-state index in [4.69, 9.17) is 5.26 Å². The third kappa shape index (κ3) is 4.49. The van der Waals surface area contributed by atoms with E-state index in [1.165, 1.54) is 12.1 Å². The van der Waals surface area contributed by atoms with Gasteiger partial charge in [-0.25, -0.2) is 8.78 Å². The summed E-state index contributed by atoms with van der Waals surface area (Å²) >= 11 is 0. The number of carbonyl (C=O) groups is 1. The van der Waals surface area contributed by atoms with Crippen LogP contribution in [0.4, 0.5) is 20.2 Å². The summed E-state index contributed by atoms with van der Waals surface area (Å²) in [6.45, 7) is -1.17. The van der Waals surface area contributed by atoms with E-state index in [2.05, 4.69) is 5.32 Å². The molecule has 0 aliphatic rings. The smallest absolute Gasteiger partial charge is 0.293 e. The zero-order valence-electron chi connectivity index (χ0n) is 10.1. The molecule has 0 heterocycles. The van der Waals surface area contributed by atoms with Crippen molar-refractivity contribution >= 4 is 17.3 Å². The number of amides is 1. The lowest BCUT2D eigenvalue weighted by Crippen LogP contribution is -2.33. The van der Waals surface area contributed by atoms with Crippen LogP contribution in [0.3, 0.4) is 0 Å². The van der Waals surface area contributed by atoms with Gasteiger partial charge in [0, 0.05) is 6.07 Å². The van der Waals surface area contributed by atoms with Crippen molar-refractivity contribution in [2.24, 2.45) is 0 Å². The van der Waals surface area contributed by atoms with E-state index in [0.717, 1.165) is 6.07 Å². The molecule has 0 atom stereocenters. The van der Waals surface area contributed by atoms with Crippen molar-refractivity contribution in [3.05, 3.63) is 33.9 Å². The quantitative estimate of drug-likeness (QED) is 0.604. The summed E-state index contributed by atoms with van der Waals surface area (Å²) in [7, 11) is 0. The molecule has 0 aliphatic carbocycles. The second kappa shape index (κ2) is 6.98. The zero-order valence-corrected chi connectivity index (χ0v) is 10.1. The molecule has 9 heteroatoms. The number of nitrogens with one attached hydrogen (secondary N) is 2. The number of nitro benzene ring substituents is 1. The summed E-state index contributed by atoms with van der Waals surface area (Å²) in [5, 5.41) is 23.9. The number of nitro groups is 1. The van der Waals surface area contributed by atoms with Gasteiger partial charge in [0.25, 0.3) is 12.1 Å².